The first-order valence-corrected chi connectivity index (χ1v) is 7.60. The van der Waals surface area contributed by atoms with E-state index in [0.29, 0.717) is 25.0 Å². The van der Waals surface area contributed by atoms with Gasteiger partial charge in [0.15, 0.2) is 5.58 Å². The van der Waals surface area contributed by atoms with Crippen LogP contribution in [0.5, 0.6) is 0 Å². The van der Waals surface area contributed by atoms with Crippen LogP contribution >= 0.6 is 0 Å². The summed E-state index contributed by atoms with van der Waals surface area (Å²) in [5.74, 6) is -0.349. The highest BCUT2D eigenvalue weighted by Gasteiger charge is 2.16. The van der Waals surface area contributed by atoms with Crippen LogP contribution in [-0.4, -0.2) is 29.7 Å². The van der Waals surface area contributed by atoms with Crippen LogP contribution < -0.4 is 11.1 Å². The third-order valence-electron chi connectivity index (χ3n) is 4.05. The van der Waals surface area contributed by atoms with E-state index in [1.54, 1.807) is 13.1 Å². The van der Waals surface area contributed by atoms with Crippen molar-refractivity contribution in [1.29, 1.82) is 0 Å². The first-order valence-electron chi connectivity index (χ1n) is 7.60. The summed E-state index contributed by atoms with van der Waals surface area (Å²) >= 11 is 0. The molecule has 1 N–H and O–H groups in total. The maximum absolute atomic E-state index is 11.9. The maximum Gasteiger partial charge on any atom is 0.419 e. The van der Waals surface area contributed by atoms with E-state index in [4.69, 9.17) is 9.15 Å². The zero-order valence-corrected chi connectivity index (χ0v) is 12.6. The molecule has 1 fully saturated rings. The zero-order chi connectivity index (χ0) is 15.5. The Balaban J connectivity index is 1.55. The Bertz CT molecular complexity index is 725. The number of rotatable bonds is 5. The van der Waals surface area contributed by atoms with E-state index >= 15 is 0 Å². The molecule has 2 heterocycles. The van der Waals surface area contributed by atoms with Crippen LogP contribution in [-0.2, 0) is 23.0 Å². The van der Waals surface area contributed by atoms with E-state index in [9.17, 15) is 9.59 Å². The van der Waals surface area contributed by atoms with Gasteiger partial charge in [-0.1, -0.05) is 6.07 Å². The lowest BCUT2D eigenvalue weighted by atomic mass is 10.1. The molecule has 3 rings (SSSR count). The molecule has 0 aliphatic carbocycles. The fourth-order valence-electron chi connectivity index (χ4n) is 2.71. The highest BCUT2D eigenvalue weighted by molar-refractivity contribution is 5.77. The number of fused-ring (bicyclic) bond motifs is 1. The van der Waals surface area contributed by atoms with Crippen molar-refractivity contribution in [2.24, 2.45) is 7.05 Å². The molecule has 0 radical (unpaired) electrons. The lowest BCUT2D eigenvalue weighted by Crippen LogP contribution is -2.31. The third-order valence-corrected chi connectivity index (χ3v) is 4.05. The van der Waals surface area contributed by atoms with E-state index in [2.05, 4.69) is 5.32 Å². The summed E-state index contributed by atoms with van der Waals surface area (Å²) in [6, 6.07) is 5.56. The van der Waals surface area contributed by atoms with E-state index in [1.165, 1.54) is 4.57 Å². The fourth-order valence-corrected chi connectivity index (χ4v) is 2.71. The minimum absolute atomic E-state index is 0.0247. The number of hydrogen-bond acceptors (Lipinski definition) is 4. The second-order valence-electron chi connectivity index (χ2n) is 5.67. The van der Waals surface area contributed by atoms with E-state index in [1.807, 2.05) is 12.1 Å². The molecule has 22 heavy (non-hydrogen) atoms. The van der Waals surface area contributed by atoms with Gasteiger partial charge < -0.3 is 14.5 Å². The number of carbonyl (C=O) groups excluding carboxylic acids is 1. The van der Waals surface area contributed by atoms with Crippen molar-refractivity contribution in [3.63, 3.8) is 0 Å². The minimum atomic E-state index is -0.374. The van der Waals surface area contributed by atoms with Crippen LogP contribution in [0.4, 0.5) is 0 Å². The molecule has 1 aliphatic rings. The molecule has 0 spiro atoms. The largest absolute Gasteiger partial charge is 0.419 e. The van der Waals surface area contributed by atoms with Crippen molar-refractivity contribution in [3.05, 3.63) is 34.3 Å². The van der Waals surface area contributed by atoms with Gasteiger partial charge in [-0.2, -0.15) is 0 Å². The molecule has 6 nitrogen and oxygen atoms in total. The quantitative estimate of drug-likeness (QED) is 0.905. The standard InChI is InChI=1S/C16H20N2O4/c1-18-13-9-11(4-6-14(13)22-16(18)20)5-7-15(19)17-10-12-3-2-8-21-12/h4,6,9,12H,2-3,5,7-8,10H2,1H3,(H,17,19). The summed E-state index contributed by atoms with van der Waals surface area (Å²) in [5.41, 5.74) is 2.33. The molecular formula is C16H20N2O4. The monoisotopic (exact) mass is 304 g/mol. The average molecular weight is 304 g/mol. The molecule has 0 bridgehead atoms. The van der Waals surface area contributed by atoms with Gasteiger partial charge in [0.05, 0.1) is 11.6 Å². The van der Waals surface area contributed by atoms with Crippen molar-refractivity contribution in [1.82, 2.24) is 9.88 Å². The van der Waals surface area contributed by atoms with Crippen molar-refractivity contribution in [2.75, 3.05) is 13.2 Å². The predicted molar refractivity (Wildman–Crippen MR) is 81.8 cm³/mol. The van der Waals surface area contributed by atoms with Gasteiger partial charge in [0, 0.05) is 26.6 Å². The van der Waals surface area contributed by atoms with Gasteiger partial charge in [-0.3, -0.25) is 9.36 Å². The number of carbonyl (C=O) groups is 1. The van der Waals surface area contributed by atoms with E-state index in [0.717, 1.165) is 30.5 Å². The second-order valence-corrected chi connectivity index (χ2v) is 5.67. The number of aromatic nitrogens is 1. The summed E-state index contributed by atoms with van der Waals surface area (Å²) in [6.07, 6.45) is 3.31. The van der Waals surface area contributed by atoms with Crippen LogP contribution in [0.1, 0.15) is 24.8 Å². The maximum atomic E-state index is 11.9. The molecule has 1 aromatic heterocycles. The normalized spacial score (nSPS) is 18.0. The summed E-state index contributed by atoms with van der Waals surface area (Å²) < 4.78 is 12.0. The fraction of sp³-hybridized carbons (Fsp3) is 0.500. The van der Waals surface area contributed by atoms with Crippen LogP contribution in [0.3, 0.4) is 0 Å². The van der Waals surface area contributed by atoms with Gasteiger partial charge in [0.1, 0.15) is 0 Å². The predicted octanol–water partition coefficient (Wildman–Crippen LogP) is 1.36. The van der Waals surface area contributed by atoms with Crippen molar-refractivity contribution >= 4 is 17.0 Å². The number of amides is 1. The highest BCUT2D eigenvalue weighted by Crippen LogP contribution is 2.15. The molecule has 0 saturated carbocycles. The Kier molecular flexibility index (Phi) is 4.29. The number of nitrogens with one attached hydrogen (secondary N) is 1. The smallest absolute Gasteiger partial charge is 0.408 e. The SMILES string of the molecule is Cn1c(=O)oc2ccc(CCC(=O)NCC3CCCO3)cc21. The number of benzene rings is 1. The summed E-state index contributed by atoms with van der Waals surface area (Å²) in [6.45, 7) is 1.39. The highest BCUT2D eigenvalue weighted by atomic mass is 16.5. The van der Waals surface area contributed by atoms with Crippen LogP contribution in [0, 0.1) is 0 Å². The Morgan fingerprint density at radius 1 is 1.45 bits per heavy atom. The number of nitrogens with zero attached hydrogens (tertiary/aromatic N) is 1. The van der Waals surface area contributed by atoms with E-state index < -0.39 is 0 Å². The molecule has 1 saturated heterocycles. The zero-order valence-electron chi connectivity index (χ0n) is 12.6. The molecule has 118 valence electrons. The molecule has 1 unspecified atom stereocenters. The molecule has 1 amide bonds. The molecule has 2 aromatic rings. The van der Waals surface area contributed by atoms with Gasteiger partial charge in [-0.05, 0) is 37.0 Å². The lowest BCUT2D eigenvalue weighted by molar-refractivity contribution is -0.121. The lowest BCUT2D eigenvalue weighted by Gasteiger charge is -2.10. The number of oxazole rings is 1. The molecule has 1 aliphatic heterocycles. The van der Waals surface area contributed by atoms with Crippen molar-refractivity contribution in [3.8, 4) is 0 Å². The first kappa shape index (κ1) is 14.8. The van der Waals surface area contributed by atoms with Gasteiger partial charge in [-0.25, -0.2) is 4.79 Å². The van der Waals surface area contributed by atoms with Gasteiger partial charge >= 0.3 is 5.76 Å². The second kappa shape index (κ2) is 6.36. The molecular weight excluding hydrogens is 284 g/mol. The Hall–Kier alpha value is -2.08. The topological polar surface area (TPSA) is 73.5 Å². The van der Waals surface area contributed by atoms with E-state index in [-0.39, 0.29) is 17.8 Å². The van der Waals surface area contributed by atoms with Gasteiger partial charge in [0.25, 0.3) is 0 Å². The van der Waals surface area contributed by atoms with Crippen LogP contribution in [0.25, 0.3) is 11.1 Å². The van der Waals surface area contributed by atoms with Gasteiger partial charge in [-0.15, -0.1) is 0 Å². The average Bonchev–Trinajstić information content (AvgIpc) is 3.13. The van der Waals surface area contributed by atoms with Gasteiger partial charge in [0.2, 0.25) is 5.91 Å². The number of hydrogen-bond donors (Lipinski definition) is 1. The summed E-state index contributed by atoms with van der Waals surface area (Å²) in [5, 5.41) is 2.91. The Morgan fingerprint density at radius 2 is 2.32 bits per heavy atom. The summed E-state index contributed by atoms with van der Waals surface area (Å²) in [4.78, 5) is 23.3. The first-order chi connectivity index (χ1) is 10.6. The summed E-state index contributed by atoms with van der Waals surface area (Å²) in [7, 11) is 1.67. The molecule has 1 aromatic carbocycles. The van der Waals surface area contributed by atoms with Crippen molar-refractivity contribution < 1.29 is 13.9 Å². The van der Waals surface area contributed by atoms with Crippen LogP contribution in [0.15, 0.2) is 27.4 Å². The number of aryl methyl sites for hydroxylation is 2. The number of ether oxygens (including phenoxy) is 1. The minimum Gasteiger partial charge on any atom is -0.408 e. The Morgan fingerprint density at radius 3 is 3.09 bits per heavy atom. The van der Waals surface area contributed by atoms with Crippen LogP contribution in [0.2, 0.25) is 0 Å². The molecule has 1 atom stereocenters. The molecule has 6 heteroatoms. The Labute approximate surface area is 128 Å². The van der Waals surface area contributed by atoms with Crippen molar-refractivity contribution in [2.45, 2.75) is 31.8 Å². The third kappa shape index (κ3) is 3.22.